The minimum atomic E-state index is 0.111. The smallest absolute Gasteiger partial charge is 0.134 e. The highest BCUT2D eigenvalue weighted by Crippen LogP contribution is 2.38. The molecule has 2 aromatic carbocycles. The fraction of sp³-hybridized carbons (Fsp3) is 0.385. The first-order valence-corrected chi connectivity index (χ1v) is 10.7. The molecule has 1 aliphatic heterocycles. The fourth-order valence-corrected chi connectivity index (χ4v) is 4.34. The Kier molecular flexibility index (Phi) is 5.77. The first-order valence-electron chi connectivity index (χ1n) is 10.7. The maximum Gasteiger partial charge on any atom is 0.134 e. The van der Waals surface area contributed by atoms with Gasteiger partial charge in [-0.15, -0.1) is 0 Å². The molecule has 2 heterocycles. The summed E-state index contributed by atoms with van der Waals surface area (Å²) in [5.41, 5.74) is 4.61. The molecule has 1 saturated heterocycles. The molecule has 29 heavy (non-hydrogen) atoms. The zero-order valence-electron chi connectivity index (χ0n) is 17.9. The minimum Gasteiger partial charge on any atom is -0.490 e. The predicted molar refractivity (Wildman–Crippen MR) is 121 cm³/mol. The van der Waals surface area contributed by atoms with E-state index < -0.39 is 0 Å². The molecule has 0 saturated carbocycles. The molecule has 0 radical (unpaired) electrons. The average molecular weight is 390 g/mol. The van der Waals surface area contributed by atoms with E-state index in [0.29, 0.717) is 5.92 Å². The molecule has 4 rings (SSSR count). The van der Waals surface area contributed by atoms with Crippen LogP contribution in [0.15, 0.2) is 52.9 Å². The number of rotatable bonds is 5. The quantitative estimate of drug-likeness (QED) is 0.369. The second-order valence-corrected chi connectivity index (χ2v) is 8.45. The van der Waals surface area contributed by atoms with Gasteiger partial charge in [0.2, 0.25) is 0 Å². The van der Waals surface area contributed by atoms with Crippen molar-refractivity contribution in [2.24, 2.45) is 0 Å². The highest BCUT2D eigenvalue weighted by atomic mass is 16.5. The number of ether oxygens (including phenoxy) is 1. The zero-order valence-corrected chi connectivity index (χ0v) is 17.9. The number of hydrogen-bond acceptors (Lipinski definition) is 3. The highest BCUT2D eigenvalue weighted by molar-refractivity contribution is 5.88. The summed E-state index contributed by atoms with van der Waals surface area (Å²) in [5.74, 6) is 2.53. The number of likely N-dealkylation sites (tertiary alicyclic amines) is 1. The minimum absolute atomic E-state index is 0.111. The van der Waals surface area contributed by atoms with Crippen LogP contribution in [-0.4, -0.2) is 31.1 Å². The van der Waals surface area contributed by atoms with Crippen LogP contribution in [0.3, 0.4) is 0 Å². The van der Waals surface area contributed by atoms with Crippen LogP contribution >= 0.6 is 0 Å². The summed E-state index contributed by atoms with van der Waals surface area (Å²) in [6, 6.07) is 16.8. The van der Waals surface area contributed by atoms with E-state index in [1.165, 1.54) is 23.8 Å². The Balaban J connectivity index is 1.76. The normalized spacial score (nSPS) is 16.7. The van der Waals surface area contributed by atoms with Crippen molar-refractivity contribution >= 4 is 22.8 Å². The standard InChI is InChI=1S/C26H31NO2/c1-18(2)28-25(16-20-8-6-5-7-9-20)22-10-11-24-23(17-22)26(19(3)29-24)21-12-14-27(4)15-13-21/h5-11,16-18,21H,12-15H2,1-4H3. The number of furan rings is 1. The van der Waals surface area contributed by atoms with E-state index in [2.05, 4.69) is 81.3 Å². The second-order valence-electron chi connectivity index (χ2n) is 8.45. The van der Waals surface area contributed by atoms with E-state index in [1.807, 2.05) is 6.07 Å². The summed E-state index contributed by atoms with van der Waals surface area (Å²) in [6.45, 7) is 8.55. The third-order valence-corrected chi connectivity index (χ3v) is 5.78. The molecule has 0 N–H and O–H groups in total. The van der Waals surface area contributed by atoms with Crippen LogP contribution < -0.4 is 0 Å². The van der Waals surface area contributed by atoms with Crippen LogP contribution in [0.5, 0.6) is 0 Å². The lowest BCUT2D eigenvalue weighted by Gasteiger charge is -2.29. The number of nitrogens with zero attached hydrogens (tertiary/aromatic N) is 1. The number of fused-ring (bicyclic) bond motifs is 1. The van der Waals surface area contributed by atoms with Crippen molar-refractivity contribution in [3.8, 4) is 0 Å². The van der Waals surface area contributed by atoms with Gasteiger partial charge in [0.25, 0.3) is 0 Å². The highest BCUT2D eigenvalue weighted by Gasteiger charge is 2.25. The Morgan fingerprint density at radius 3 is 2.52 bits per heavy atom. The van der Waals surface area contributed by atoms with Gasteiger partial charge in [-0.1, -0.05) is 30.3 Å². The van der Waals surface area contributed by atoms with Crippen LogP contribution in [0.4, 0.5) is 0 Å². The molecular formula is C26H31NO2. The Bertz CT molecular complexity index is 992. The third kappa shape index (κ3) is 4.40. The largest absolute Gasteiger partial charge is 0.490 e. The average Bonchev–Trinajstić information content (AvgIpc) is 3.03. The van der Waals surface area contributed by atoms with Crippen molar-refractivity contribution in [1.29, 1.82) is 0 Å². The maximum absolute atomic E-state index is 6.22. The monoisotopic (exact) mass is 389 g/mol. The molecule has 152 valence electrons. The molecule has 1 fully saturated rings. The Labute approximate surface area is 174 Å². The van der Waals surface area contributed by atoms with Crippen LogP contribution in [0.1, 0.15) is 55.1 Å². The Morgan fingerprint density at radius 1 is 1.10 bits per heavy atom. The first-order chi connectivity index (χ1) is 14.0. The van der Waals surface area contributed by atoms with Crippen molar-refractivity contribution in [3.63, 3.8) is 0 Å². The summed E-state index contributed by atoms with van der Waals surface area (Å²) in [5, 5.41) is 1.24. The van der Waals surface area contributed by atoms with Crippen molar-refractivity contribution in [1.82, 2.24) is 4.90 Å². The lowest BCUT2D eigenvalue weighted by molar-refractivity contribution is 0.206. The molecule has 1 aromatic heterocycles. The van der Waals surface area contributed by atoms with Crippen LogP contribution in [-0.2, 0) is 4.74 Å². The van der Waals surface area contributed by atoms with Gasteiger partial charge >= 0.3 is 0 Å². The number of hydrogen-bond donors (Lipinski definition) is 0. The lowest BCUT2D eigenvalue weighted by Crippen LogP contribution is -2.29. The topological polar surface area (TPSA) is 25.6 Å². The predicted octanol–water partition coefficient (Wildman–Crippen LogP) is 6.47. The second kappa shape index (κ2) is 8.46. The van der Waals surface area contributed by atoms with Crippen LogP contribution in [0.25, 0.3) is 22.8 Å². The van der Waals surface area contributed by atoms with Gasteiger partial charge in [0.15, 0.2) is 0 Å². The number of aryl methyl sites for hydroxylation is 1. The molecule has 0 aliphatic carbocycles. The molecule has 0 spiro atoms. The molecule has 0 amide bonds. The van der Waals surface area contributed by atoms with Gasteiger partial charge in [-0.2, -0.15) is 0 Å². The SMILES string of the molecule is Cc1oc2ccc(C(=Cc3ccccc3)OC(C)C)cc2c1C1CCN(C)CC1. The number of piperidine rings is 1. The number of benzene rings is 2. The fourth-order valence-electron chi connectivity index (χ4n) is 4.34. The van der Waals surface area contributed by atoms with E-state index >= 15 is 0 Å². The third-order valence-electron chi connectivity index (χ3n) is 5.78. The zero-order chi connectivity index (χ0) is 20.4. The molecule has 3 heteroatoms. The van der Waals surface area contributed by atoms with Crippen LogP contribution in [0, 0.1) is 6.92 Å². The van der Waals surface area contributed by atoms with E-state index in [9.17, 15) is 0 Å². The molecule has 3 nitrogen and oxygen atoms in total. The summed E-state index contributed by atoms with van der Waals surface area (Å²) < 4.78 is 12.4. The van der Waals surface area contributed by atoms with Gasteiger partial charge in [0.1, 0.15) is 17.1 Å². The van der Waals surface area contributed by atoms with Gasteiger partial charge < -0.3 is 14.1 Å². The van der Waals surface area contributed by atoms with Crippen LogP contribution in [0.2, 0.25) is 0 Å². The van der Waals surface area contributed by atoms with Crippen molar-refractivity contribution in [2.75, 3.05) is 20.1 Å². The summed E-state index contributed by atoms with van der Waals surface area (Å²) >= 11 is 0. The van der Waals surface area contributed by atoms with Gasteiger partial charge in [0, 0.05) is 16.5 Å². The lowest BCUT2D eigenvalue weighted by atomic mass is 9.87. The van der Waals surface area contributed by atoms with Crippen molar-refractivity contribution in [2.45, 2.75) is 45.6 Å². The van der Waals surface area contributed by atoms with Gasteiger partial charge in [-0.25, -0.2) is 0 Å². The molecular weight excluding hydrogens is 358 g/mol. The van der Waals surface area contributed by atoms with Gasteiger partial charge in [0.05, 0.1) is 6.10 Å². The Hall–Kier alpha value is -2.52. The summed E-state index contributed by atoms with van der Waals surface area (Å²) in [7, 11) is 2.21. The van der Waals surface area contributed by atoms with E-state index in [-0.39, 0.29) is 6.10 Å². The van der Waals surface area contributed by atoms with Crippen molar-refractivity contribution < 1.29 is 9.15 Å². The van der Waals surface area contributed by atoms with Gasteiger partial charge in [-0.3, -0.25) is 0 Å². The maximum atomic E-state index is 6.22. The molecule has 0 bridgehead atoms. The molecule has 0 atom stereocenters. The summed E-state index contributed by atoms with van der Waals surface area (Å²) in [6.07, 6.45) is 4.61. The van der Waals surface area contributed by atoms with E-state index in [0.717, 1.165) is 41.3 Å². The first kappa shape index (κ1) is 19.8. The summed E-state index contributed by atoms with van der Waals surface area (Å²) in [4.78, 5) is 2.41. The van der Waals surface area contributed by atoms with E-state index in [1.54, 1.807) is 0 Å². The van der Waals surface area contributed by atoms with Gasteiger partial charge in [-0.05, 0) is 89.5 Å². The molecule has 1 aliphatic rings. The molecule has 0 unspecified atom stereocenters. The Morgan fingerprint density at radius 2 is 1.83 bits per heavy atom. The van der Waals surface area contributed by atoms with E-state index in [4.69, 9.17) is 9.15 Å². The van der Waals surface area contributed by atoms with Crippen molar-refractivity contribution in [3.05, 3.63) is 71.0 Å². The molecule has 3 aromatic rings.